The van der Waals surface area contributed by atoms with Crippen LogP contribution in [0.2, 0.25) is 0 Å². The topological polar surface area (TPSA) is 130 Å². The van der Waals surface area contributed by atoms with Crippen LogP contribution in [0.25, 0.3) is 11.3 Å². The lowest BCUT2D eigenvalue weighted by Crippen LogP contribution is -2.62. The van der Waals surface area contributed by atoms with Gasteiger partial charge in [-0.15, -0.1) is 0 Å². The maximum Gasteiger partial charge on any atom is 0.406 e. The molecule has 10 nitrogen and oxygen atoms in total. The summed E-state index contributed by atoms with van der Waals surface area (Å²) < 4.78 is 11.2. The molecule has 0 aliphatic carbocycles. The van der Waals surface area contributed by atoms with Crippen LogP contribution < -0.4 is 10.6 Å². The van der Waals surface area contributed by atoms with Crippen LogP contribution in [0.5, 0.6) is 0 Å². The summed E-state index contributed by atoms with van der Waals surface area (Å²) in [6.45, 7) is 11.4. The third-order valence-electron chi connectivity index (χ3n) is 6.83. The SMILES string of the molecule is COC(=O)CN(C)B(O[C@H](C)C(C)C)[C@H](CC(C)C)NC(=O)[C@@H](NC(=O)c1cccc(-c2ccccc2)n1)[C@@H](C)O. The number of methoxy groups -OCH3 is 1. The summed E-state index contributed by atoms with van der Waals surface area (Å²) in [5.74, 6) is -1.81. The van der Waals surface area contributed by atoms with Crippen LogP contribution in [0.1, 0.15) is 58.5 Å². The largest absolute Gasteiger partial charge is 0.468 e. The molecule has 1 heterocycles. The number of nitrogens with one attached hydrogen (secondary N) is 2. The van der Waals surface area contributed by atoms with Gasteiger partial charge in [-0.3, -0.25) is 14.4 Å². The van der Waals surface area contributed by atoms with Gasteiger partial charge in [-0.05, 0) is 51.3 Å². The van der Waals surface area contributed by atoms with Crippen LogP contribution in [0.4, 0.5) is 0 Å². The van der Waals surface area contributed by atoms with Crippen molar-refractivity contribution >= 4 is 24.8 Å². The van der Waals surface area contributed by atoms with E-state index in [1.54, 1.807) is 30.1 Å². The first-order chi connectivity index (χ1) is 19.3. The number of aromatic nitrogens is 1. The Morgan fingerprint density at radius 3 is 2.20 bits per heavy atom. The Balaban J connectivity index is 2.30. The number of aliphatic hydroxyl groups is 1. The highest BCUT2D eigenvalue weighted by atomic mass is 16.5. The lowest BCUT2D eigenvalue weighted by Gasteiger charge is -2.35. The highest BCUT2D eigenvalue weighted by Gasteiger charge is 2.39. The van der Waals surface area contributed by atoms with Crippen LogP contribution in [0.3, 0.4) is 0 Å². The number of nitrogens with zero attached hydrogens (tertiary/aromatic N) is 2. The van der Waals surface area contributed by atoms with Crippen molar-refractivity contribution in [2.24, 2.45) is 11.8 Å². The van der Waals surface area contributed by atoms with Gasteiger partial charge < -0.3 is 29.9 Å². The minimum absolute atomic E-state index is 0.0452. The average Bonchev–Trinajstić information content (AvgIpc) is 2.93. The number of rotatable bonds is 15. The van der Waals surface area contributed by atoms with E-state index in [2.05, 4.69) is 15.6 Å². The van der Waals surface area contributed by atoms with Crippen molar-refractivity contribution in [1.29, 1.82) is 0 Å². The molecule has 0 spiro atoms. The highest BCUT2D eigenvalue weighted by molar-refractivity contribution is 6.51. The molecule has 2 rings (SSSR count). The van der Waals surface area contributed by atoms with Crippen molar-refractivity contribution in [2.75, 3.05) is 20.7 Å². The van der Waals surface area contributed by atoms with E-state index in [9.17, 15) is 19.5 Å². The number of carbonyl (C=O) groups is 3. The van der Waals surface area contributed by atoms with Crippen molar-refractivity contribution in [3.8, 4) is 11.3 Å². The lowest BCUT2D eigenvalue weighted by molar-refractivity contribution is -0.140. The van der Waals surface area contributed by atoms with Crippen molar-refractivity contribution < 1.29 is 28.9 Å². The molecule has 0 unspecified atom stereocenters. The maximum absolute atomic E-state index is 13.6. The summed E-state index contributed by atoms with van der Waals surface area (Å²) in [4.78, 5) is 45.0. The molecule has 0 saturated carbocycles. The predicted molar refractivity (Wildman–Crippen MR) is 160 cm³/mol. The zero-order chi connectivity index (χ0) is 30.7. The normalized spacial score (nSPS) is 14.3. The van der Waals surface area contributed by atoms with Crippen LogP contribution >= 0.6 is 0 Å². The van der Waals surface area contributed by atoms with Gasteiger partial charge in [0.25, 0.3) is 5.91 Å². The molecule has 0 radical (unpaired) electrons. The van der Waals surface area contributed by atoms with Crippen LogP contribution in [0, 0.1) is 11.8 Å². The molecule has 2 amide bonds. The number of benzene rings is 1. The zero-order valence-corrected chi connectivity index (χ0v) is 25.5. The number of pyridine rings is 1. The van der Waals surface area contributed by atoms with Crippen LogP contribution in [-0.4, -0.2) is 84.6 Å². The van der Waals surface area contributed by atoms with Gasteiger partial charge in [-0.25, -0.2) is 4.98 Å². The summed E-state index contributed by atoms with van der Waals surface area (Å²) in [5, 5.41) is 16.2. The van der Waals surface area contributed by atoms with Crippen molar-refractivity contribution in [2.45, 2.75) is 72.2 Å². The Bertz CT molecular complexity index is 1130. The molecule has 3 N–H and O–H groups in total. The fourth-order valence-electron chi connectivity index (χ4n) is 4.22. The van der Waals surface area contributed by atoms with E-state index < -0.39 is 42.9 Å². The molecule has 0 bridgehead atoms. The minimum atomic E-state index is -1.26. The quantitative estimate of drug-likeness (QED) is 0.221. The third-order valence-corrected chi connectivity index (χ3v) is 6.83. The van der Waals surface area contributed by atoms with E-state index in [1.165, 1.54) is 14.0 Å². The zero-order valence-electron chi connectivity index (χ0n) is 25.5. The molecule has 0 saturated heterocycles. The number of amides is 2. The van der Waals surface area contributed by atoms with Gasteiger partial charge in [0.05, 0.1) is 31.4 Å². The maximum atomic E-state index is 13.6. The van der Waals surface area contributed by atoms with Gasteiger partial charge in [-0.2, -0.15) is 0 Å². The third kappa shape index (κ3) is 10.6. The molecule has 41 heavy (non-hydrogen) atoms. The molecular formula is C30H45BN4O6. The molecule has 4 atom stereocenters. The Morgan fingerprint density at radius 2 is 1.63 bits per heavy atom. The smallest absolute Gasteiger partial charge is 0.406 e. The van der Waals surface area contributed by atoms with E-state index >= 15 is 0 Å². The van der Waals surface area contributed by atoms with E-state index in [1.807, 2.05) is 65.0 Å². The molecule has 2 aromatic rings. The van der Waals surface area contributed by atoms with Crippen molar-refractivity contribution in [1.82, 2.24) is 20.4 Å². The lowest BCUT2D eigenvalue weighted by atomic mass is 9.66. The number of ether oxygens (including phenoxy) is 1. The first kappa shape index (κ1) is 33.9. The van der Waals surface area contributed by atoms with Gasteiger partial charge in [0.2, 0.25) is 5.91 Å². The number of esters is 1. The highest BCUT2D eigenvalue weighted by Crippen LogP contribution is 2.18. The van der Waals surface area contributed by atoms with Crippen molar-refractivity contribution in [3.05, 3.63) is 54.2 Å². The van der Waals surface area contributed by atoms with Gasteiger partial charge in [0.1, 0.15) is 11.7 Å². The van der Waals surface area contributed by atoms with Crippen molar-refractivity contribution in [3.63, 3.8) is 0 Å². The predicted octanol–water partition coefficient (Wildman–Crippen LogP) is 2.95. The summed E-state index contributed by atoms with van der Waals surface area (Å²) in [5.41, 5.74) is 1.58. The van der Waals surface area contributed by atoms with E-state index in [4.69, 9.17) is 9.39 Å². The van der Waals surface area contributed by atoms with E-state index in [0.717, 1.165) is 5.56 Å². The fraction of sp³-hybridized carbons (Fsp3) is 0.533. The Kier molecular flexibility index (Phi) is 13.4. The first-order valence-electron chi connectivity index (χ1n) is 14.1. The standard InChI is InChI=1S/C30H45BN4O6/c1-19(2)17-26(31(41-22(6)20(3)4)35(7)18-27(37)40-8)33-30(39)28(21(5)36)34-29(38)25-16-12-15-24(32-25)23-13-10-9-11-14-23/h9-16,19-22,26,28,36H,17-18H2,1-8H3,(H,33,39)(H,34,38)/t21-,22-,26+,28+/m1/s1. The molecule has 11 heteroatoms. The second kappa shape index (κ2) is 16.2. The van der Waals surface area contributed by atoms with E-state index in [0.29, 0.717) is 12.1 Å². The van der Waals surface area contributed by atoms with Crippen LogP contribution in [0.15, 0.2) is 48.5 Å². The Morgan fingerprint density at radius 1 is 0.976 bits per heavy atom. The van der Waals surface area contributed by atoms with Gasteiger partial charge >= 0.3 is 13.0 Å². The fourth-order valence-corrected chi connectivity index (χ4v) is 4.22. The minimum Gasteiger partial charge on any atom is -0.468 e. The number of hydrogen-bond donors (Lipinski definition) is 3. The second-order valence-electron chi connectivity index (χ2n) is 11.2. The summed E-state index contributed by atoms with van der Waals surface area (Å²) in [6, 6.07) is 13.2. The molecule has 0 aliphatic rings. The Hall–Kier alpha value is -3.28. The number of carbonyl (C=O) groups excluding carboxylic acids is 3. The molecule has 1 aromatic heterocycles. The van der Waals surface area contributed by atoms with E-state index in [-0.39, 0.29) is 30.2 Å². The van der Waals surface area contributed by atoms with Gasteiger partial charge in [0, 0.05) is 11.7 Å². The summed E-state index contributed by atoms with van der Waals surface area (Å²) in [7, 11) is 2.37. The number of aliphatic hydroxyl groups excluding tert-OH is 1. The summed E-state index contributed by atoms with van der Waals surface area (Å²) in [6.07, 6.45) is -0.854. The molecule has 224 valence electrons. The molecule has 0 fully saturated rings. The first-order valence-corrected chi connectivity index (χ1v) is 14.1. The molecule has 0 aliphatic heterocycles. The van der Waals surface area contributed by atoms with Gasteiger partial charge in [0.15, 0.2) is 0 Å². The average molecular weight is 569 g/mol. The Labute approximate surface area is 244 Å². The number of hydrogen-bond acceptors (Lipinski definition) is 8. The van der Waals surface area contributed by atoms with Crippen LogP contribution in [-0.2, 0) is 19.0 Å². The second-order valence-corrected chi connectivity index (χ2v) is 11.2. The molecular weight excluding hydrogens is 523 g/mol. The number of likely N-dealkylation sites (N-methyl/N-ethyl adjacent to an activating group) is 1. The molecule has 1 aromatic carbocycles. The monoisotopic (exact) mass is 568 g/mol. The van der Waals surface area contributed by atoms with Gasteiger partial charge in [-0.1, -0.05) is 64.1 Å². The summed E-state index contributed by atoms with van der Waals surface area (Å²) >= 11 is 0.